The lowest BCUT2D eigenvalue weighted by Crippen LogP contribution is -2.25. The number of imidazole rings is 1. The average Bonchev–Trinajstić information content (AvgIpc) is 3.45. The highest BCUT2D eigenvalue weighted by Crippen LogP contribution is 2.36. The molecule has 1 aliphatic rings. The van der Waals surface area contributed by atoms with Crippen molar-refractivity contribution in [2.75, 3.05) is 6.54 Å². The molecule has 1 aliphatic carbocycles. The summed E-state index contributed by atoms with van der Waals surface area (Å²) in [4.78, 5) is 3.78. The van der Waals surface area contributed by atoms with Crippen LogP contribution in [0, 0.1) is 0 Å². The summed E-state index contributed by atoms with van der Waals surface area (Å²) in [6.45, 7) is -0.826. The Morgan fingerprint density at radius 1 is 1.22 bits per heavy atom. The standard InChI is InChI=1S/C21H20F4N4O2S/c22-14(9-10-26)12-29-18-6-2-5-17(19(18)27-20(29)21(23,24)25)13-3-1-4-16(11-13)32(30,31)28-15-7-8-15/h1-6,9,11,15,28H,7-8,10,12,26H2. The van der Waals surface area contributed by atoms with Crippen molar-refractivity contribution in [1.82, 2.24) is 14.3 Å². The second-order valence-electron chi connectivity index (χ2n) is 7.50. The third-order valence-corrected chi connectivity index (χ3v) is 6.55. The van der Waals surface area contributed by atoms with E-state index in [-0.39, 0.29) is 28.5 Å². The maximum atomic E-state index is 14.1. The summed E-state index contributed by atoms with van der Waals surface area (Å²) >= 11 is 0. The first-order chi connectivity index (χ1) is 15.1. The first-order valence-corrected chi connectivity index (χ1v) is 11.3. The first-order valence-electron chi connectivity index (χ1n) is 9.84. The molecule has 4 rings (SSSR count). The van der Waals surface area contributed by atoms with E-state index in [1.165, 1.54) is 30.3 Å². The summed E-state index contributed by atoms with van der Waals surface area (Å²) < 4.78 is 83.5. The molecule has 0 atom stereocenters. The maximum absolute atomic E-state index is 14.1. The van der Waals surface area contributed by atoms with Crippen LogP contribution in [0.25, 0.3) is 22.2 Å². The fourth-order valence-corrected chi connectivity index (χ4v) is 4.77. The average molecular weight is 468 g/mol. The van der Waals surface area contributed by atoms with Crippen LogP contribution in [0.15, 0.2) is 59.3 Å². The van der Waals surface area contributed by atoms with Gasteiger partial charge in [-0.2, -0.15) is 13.2 Å². The fraction of sp³-hybridized carbons (Fsp3) is 0.286. The van der Waals surface area contributed by atoms with Crippen LogP contribution in [-0.2, 0) is 22.7 Å². The molecular formula is C21H20F4N4O2S. The molecule has 3 aromatic rings. The number of nitrogens with zero attached hydrogens (tertiary/aromatic N) is 2. The molecule has 11 heteroatoms. The first kappa shape index (κ1) is 22.4. The monoisotopic (exact) mass is 468 g/mol. The van der Waals surface area contributed by atoms with Gasteiger partial charge in [-0.3, -0.25) is 0 Å². The molecule has 0 amide bonds. The number of aromatic nitrogens is 2. The van der Waals surface area contributed by atoms with Gasteiger partial charge in [0, 0.05) is 18.2 Å². The normalized spacial score (nSPS) is 15.5. The summed E-state index contributed by atoms with van der Waals surface area (Å²) in [5, 5.41) is 0. The largest absolute Gasteiger partial charge is 0.449 e. The van der Waals surface area contributed by atoms with E-state index in [9.17, 15) is 26.0 Å². The van der Waals surface area contributed by atoms with Crippen LogP contribution in [0.4, 0.5) is 17.6 Å². The molecule has 3 N–H and O–H groups in total. The van der Waals surface area contributed by atoms with Gasteiger partial charge < -0.3 is 10.3 Å². The predicted octanol–water partition coefficient (Wildman–Crippen LogP) is 3.97. The van der Waals surface area contributed by atoms with Gasteiger partial charge in [0.2, 0.25) is 15.8 Å². The zero-order valence-corrected chi connectivity index (χ0v) is 17.5. The quantitative estimate of drug-likeness (QED) is 0.514. The van der Waals surface area contributed by atoms with E-state index in [0.29, 0.717) is 11.1 Å². The lowest BCUT2D eigenvalue weighted by Gasteiger charge is -2.10. The van der Waals surface area contributed by atoms with Crippen molar-refractivity contribution in [3.05, 3.63) is 60.2 Å². The van der Waals surface area contributed by atoms with Gasteiger partial charge in [-0.15, -0.1) is 0 Å². The van der Waals surface area contributed by atoms with E-state index in [1.54, 1.807) is 12.1 Å². The molecule has 1 fully saturated rings. The van der Waals surface area contributed by atoms with Gasteiger partial charge in [-0.1, -0.05) is 24.3 Å². The predicted molar refractivity (Wildman–Crippen MR) is 112 cm³/mol. The lowest BCUT2D eigenvalue weighted by atomic mass is 10.0. The molecule has 1 saturated carbocycles. The van der Waals surface area contributed by atoms with Gasteiger partial charge in [-0.25, -0.2) is 22.5 Å². The summed E-state index contributed by atoms with van der Waals surface area (Å²) in [6, 6.07) is 10.3. The van der Waals surface area contributed by atoms with Crippen LogP contribution in [0.5, 0.6) is 0 Å². The fourth-order valence-electron chi connectivity index (χ4n) is 3.42. The van der Waals surface area contributed by atoms with Crippen LogP contribution in [0.3, 0.4) is 0 Å². The van der Waals surface area contributed by atoms with Crippen molar-refractivity contribution >= 4 is 21.1 Å². The minimum atomic E-state index is -4.82. The number of halogens is 4. The Hall–Kier alpha value is -2.76. The Bertz CT molecular complexity index is 1290. The van der Waals surface area contributed by atoms with Crippen LogP contribution < -0.4 is 10.5 Å². The van der Waals surface area contributed by atoms with E-state index >= 15 is 0 Å². The van der Waals surface area contributed by atoms with Gasteiger partial charge in [0.25, 0.3) is 0 Å². The molecule has 1 aromatic heterocycles. The lowest BCUT2D eigenvalue weighted by molar-refractivity contribution is -0.146. The Morgan fingerprint density at radius 2 is 1.94 bits per heavy atom. The molecule has 0 aliphatic heterocycles. The molecular weight excluding hydrogens is 448 g/mol. The third kappa shape index (κ3) is 4.54. The Labute approximate surface area is 181 Å². The zero-order chi connectivity index (χ0) is 23.1. The van der Waals surface area contributed by atoms with E-state index < -0.39 is 34.4 Å². The summed E-state index contributed by atoms with van der Waals surface area (Å²) in [7, 11) is -3.75. The van der Waals surface area contributed by atoms with E-state index in [4.69, 9.17) is 5.73 Å². The highest BCUT2D eigenvalue weighted by Gasteiger charge is 2.38. The van der Waals surface area contributed by atoms with E-state index in [1.807, 2.05) is 0 Å². The van der Waals surface area contributed by atoms with E-state index in [2.05, 4.69) is 9.71 Å². The number of hydrogen-bond acceptors (Lipinski definition) is 4. The molecule has 2 aromatic carbocycles. The van der Waals surface area contributed by atoms with Gasteiger partial charge in [0.1, 0.15) is 5.83 Å². The summed E-state index contributed by atoms with van der Waals surface area (Å²) in [5.74, 6) is -2.07. The van der Waals surface area contributed by atoms with Crippen LogP contribution in [0.1, 0.15) is 18.7 Å². The van der Waals surface area contributed by atoms with Crippen LogP contribution >= 0.6 is 0 Å². The molecule has 0 spiro atoms. The second-order valence-corrected chi connectivity index (χ2v) is 9.22. The van der Waals surface area contributed by atoms with Gasteiger partial charge in [0.15, 0.2) is 0 Å². The number of alkyl halides is 3. The Kier molecular flexibility index (Phi) is 5.82. The number of sulfonamides is 1. The number of nitrogens with one attached hydrogen (secondary N) is 1. The minimum absolute atomic E-state index is 0.00584. The number of fused-ring (bicyclic) bond motifs is 1. The molecule has 0 radical (unpaired) electrons. The SMILES string of the molecule is NCC=C(F)Cn1c(C(F)(F)F)nc2c(-c3cccc(S(=O)(=O)NC4CC4)c3)cccc21. The Balaban J connectivity index is 1.85. The topological polar surface area (TPSA) is 90.0 Å². The van der Waals surface area contributed by atoms with Crippen molar-refractivity contribution < 1.29 is 26.0 Å². The second kappa shape index (κ2) is 8.30. The molecule has 170 valence electrons. The summed E-state index contributed by atoms with van der Waals surface area (Å²) in [6.07, 6.45) is -2.29. The smallest absolute Gasteiger partial charge is 0.327 e. The Morgan fingerprint density at radius 3 is 2.59 bits per heavy atom. The number of allylic oxidation sites excluding steroid dienone is 1. The van der Waals surface area contributed by atoms with Crippen LogP contribution in [0.2, 0.25) is 0 Å². The minimum Gasteiger partial charge on any atom is -0.327 e. The molecule has 0 unspecified atom stereocenters. The van der Waals surface area contributed by atoms with Gasteiger partial charge >= 0.3 is 6.18 Å². The molecule has 32 heavy (non-hydrogen) atoms. The molecule has 0 saturated heterocycles. The number of rotatable bonds is 7. The van der Waals surface area contributed by atoms with Crippen molar-refractivity contribution in [3.8, 4) is 11.1 Å². The zero-order valence-electron chi connectivity index (χ0n) is 16.7. The highest BCUT2D eigenvalue weighted by atomic mass is 32.2. The number of para-hydroxylation sites is 1. The van der Waals surface area contributed by atoms with Crippen molar-refractivity contribution in [2.45, 2.75) is 36.5 Å². The van der Waals surface area contributed by atoms with Gasteiger partial charge in [-0.05, 0) is 42.7 Å². The van der Waals surface area contributed by atoms with Crippen molar-refractivity contribution in [1.29, 1.82) is 0 Å². The molecule has 1 heterocycles. The molecule has 6 nitrogen and oxygen atoms in total. The number of nitrogens with two attached hydrogens (primary N) is 1. The maximum Gasteiger partial charge on any atom is 0.449 e. The van der Waals surface area contributed by atoms with Crippen molar-refractivity contribution in [2.24, 2.45) is 5.73 Å². The van der Waals surface area contributed by atoms with Crippen LogP contribution in [-0.4, -0.2) is 30.6 Å². The number of benzene rings is 2. The highest BCUT2D eigenvalue weighted by molar-refractivity contribution is 7.89. The van der Waals surface area contributed by atoms with E-state index in [0.717, 1.165) is 23.5 Å². The summed E-state index contributed by atoms with van der Waals surface area (Å²) in [5.41, 5.74) is 6.00. The van der Waals surface area contributed by atoms with Crippen molar-refractivity contribution in [3.63, 3.8) is 0 Å². The van der Waals surface area contributed by atoms with Gasteiger partial charge in [0.05, 0.1) is 22.5 Å². The number of hydrogen-bond donors (Lipinski definition) is 2. The third-order valence-electron chi connectivity index (χ3n) is 5.04. The molecule has 0 bridgehead atoms.